The van der Waals surface area contributed by atoms with Crippen molar-refractivity contribution in [2.24, 2.45) is 5.73 Å². The van der Waals surface area contributed by atoms with E-state index in [1.165, 1.54) is 6.07 Å². The van der Waals surface area contributed by atoms with Crippen molar-refractivity contribution in [3.8, 4) is 0 Å². The lowest BCUT2D eigenvalue weighted by Gasteiger charge is -1.97. The highest BCUT2D eigenvalue weighted by Crippen LogP contribution is 2.25. The van der Waals surface area contributed by atoms with Crippen molar-refractivity contribution < 1.29 is 4.39 Å². The zero-order chi connectivity index (χ0) is 10.1. The van der Waals surface area contributed by atoms with Gasteiger partial charge in [0.2, 0.25) is 0 Å². The van der Waals surface area contributed by atoms with Crippen LogP contribution in [0.3, 0.4) is 0 Å². The highest BCUT2D eigenvalue weighted by Gasteiger charge is 2.07. The Morgan fingerprint density at radius 1 is 1.43 bits per heavy atom. The number of H-pyrrole nitrogens is 1. The number of aromatic amines is 1. The molecule has 1 heterocycles. The molecule has 0 fully saturated rings. The second-order valence-electron chi connectivity index (χ2n) is 3.16. The Morgan fingerprint density at radius 3 is 2.93 bits per heavy atom. The number of hydrogen-bond donors (Lipinski definition) is 2. The van der Waals surface area contributed by atoms with Crippen LogP contribution in [0, 0.1) is 5.82 Å². The first kappa shape index (κ1) is 9.49. The van der Waals surface area contributed by atoms with E-state index < -0.39 is 5.82 Å². The van der Waals surface area contributed by atoms with E-state index in [2.05, 4.69) is 4.98 Å². The van der Waals surface area contributed by atoms with E-state index in [4.69, 9.17) is 17.3 Å². The van der Waals surface area contributed by atoms with Crippen molar-refractivity contribution in [2.45, 2.75) is 6.42 Å². The summed E-state index contributed by atoms with van der Waals surface area (Å²) in [6, 6.07) is 3.03. The van der Waals surface area contributed by atoms with Gasteiger partial charge in [0, 0.05) is 17.1 Å². The van der Waals surface area contributed by atoms with E-state index in [-0.39, 0.29) is 5.02 Å². The minimum Gasteiger partial charge on any atom is -0.361 e. The number of nitrogens with one attached hydrogen (secondary N) is 1. The molecule has 3 N–H and O–H groups in total. The molecule has 1 aromatic heterocycles. The van der Waals surface area contributed by atoms with Crippen LogP contribution < -0.4 is 5.73 Å². The smallest absolute Gasteiger partial charge is 0.143 e. The van der Waals surface area contributed by atoms with E-state index in [0.717, 1.165) is 22.9 Å². The summed E-state index contributed by atoms with van der Waals surface area (Å²) in [4.78, 5) is 2.99. The molecule has 0 aliphatic carbocycles. The van der Waals surface area contributed by atoms with E-state index in [1.54, 1.807) is 6.07 Å². The third-order valence-corrected chi connectivity index (χ3v) is 2.51. The minimum atomic E-state index is -0.402. The SMILES string of the molecule is NCCc1c[nH]c2cc(F)c(Cl)cc12. The van der Waals surface area contributed by atoms with Crippen LogP contribution in [-0.4, -0.2) is 11.5 Å². The zero-order valence-electron chi connectivity index (χ0n) is 7.48. The van der Waals surface area contributed by atoms with Gasteiger partial charge in [-0.2, -0.15) is 0 Å². The molecule has 1 aromatic carbocycles. The summed E-state index contributed by atoms with van der Waals surface area (Å²) < 4.78 is 13.1. The minimum absolute atomic E-state index is 0.148. The van der Waals surface area contributed by atoms with Gasteiger partial charge >= 0.3 is 0 Å². The summed E-state index contributed by atoms with van der Waals surface area (Å²) in [5, 5.41) is 1.09. The number of hydrogen-bond acceptors (Lipinski definition) is 1. The van der Waals surface area contributed by atoms with Crippen molar-refractivity contribution in [3.63, 3.8) is 0 Å². The van der Waals surface area contributed by atoms with Gasteiger partial charge in [-0.05, 0) is 30.7 Å². The van der Waals surface area contributed by atoms with Gasteiger partial charge in [-0.25, -0.2) is 4.39 Å². The Labute approximate surface area is 85.9 Å². The number of rotatable bonds is 2. The van der Waals surface area contributed by atoms with Gasteiger partial charge in [0.25, 0.3) is 0 Å². The lowest BCUT2D eigenvalue weighted by atomic mass is 10.1. The molecule has 0 amide bonds. The second-order valence-corrected chi connectivity index (χ2v) is 3.57. The molecule has 0 aliphatic rings. The first-order chi connectivity index (χ1) is 6.72. The predicted molar refractivity (Wildman–Crippen MR) is 56.0 cm³/mol. The van der Waals surface area contributed by atoms with Gasteiger partial charge in [0.1, 0.15) is 5.82 Å². The molecule has 74 valence electrons. The van der Waals surface area contributed by atoms with Crippen molar-refractivity contribution in [2.75, 3.05) is 6.54 Å². The molecule has 0 bridgehead atoms. The fraction of sp³-hybridized carbons (Fsp3) is 0.200. The molecular weight excluding hydrogens is 203 g/mol. The lowest BCUT2D eigenvalue weighted by molar-refractivity contribution is 0.630. The summed E-state index contributed by atoms with van der Waals surface area (Å²) in [5.74, 6) is -0.402. The fourth-order valence-electron chi connectivity index (χ4n) is 1.54. The van der Waals surface area contributed by atoms with Gasteiger partial charge in [0.15, 0.2) is 0 Å². The number of fused-ring (bicyclic) bond motifs is 1. The van der Waals surface area contributed by atoms with Crippen LogP contribution in [0.4, 0.5) is 4.39 Å². The zero-order valence-corrected chi connectivity index (χ0v) is 8.24. The molecule has 0 unspecified atom stereocenters. The van der Waals surface area contributed by atoms with Crippen LogP contribution in [0.15, 0.2) is 18.3 Å². The van der Waals surface area contributed by atoms with E-state index >= 15 is 0 Å². The van der Waals surface area contributed by atoms with Gasteiger partial charge < -0.3 is 10.7 Å². The van der Waals surface area contributed by atoms with Crippen LogP contribution in [0.25, 0.3) is 10.9 Å². The molecule has 0 spiro atoms. The quantitative estimate of drug-likeness (QED) is 0.789. The Kier molecular flexibility index (Phi) is 2.44. The Balaban J connectivity index is 2.61. The molecular formula is C10H10ClFN2. The van der Waals surface area contributed by atoms with Crippen molar-refractivity contribution in [1.29, 1.82) is 0 Å². The largest absolute Gasteiger partial charge is 0.361 e. The lowest BCUT2D eigenvalue weighted by Crippen LogP contribution is -2.01. The molecule has 0 atom stereocenters. The number of aromatic nitrogens is 1. The summed E-state index contributed by atoms with van der Waals surface area (Å²) >= 11 is 5.70. The van der Waals surface area contributed by atoms with Crippen molar-refractivity contribution in [3.05, 3.63) is 34.7 Å². The van der Waals surface area contributed by atoms with Crippen molar-refractivity contribution in [1.82, 2.24) is 4.98 Å². The normalized spacial score (nSPS) is 11.1. The average molecular weight is 213 g/mol. The molecule has 0 saturated carbocycles. The third-order valence-electron chi connectivity index (χ3n) is 2.22. The summed E-state index contributed by atoms with van der Waals surface area (Å²) in [6.07, 6.45) is 2.61. The molecule has 4 heteroatoms. The standard InChI is InChI=1S/C10H10ClFN2/c11-8-3-7-6(1-2-13)5-14-10(7)4-9(8)12/h3-5,14H,1-2,13H2. The summed E-state index contributed by atoms with van der Waals surface area (Å²) in [6.45, 7) is 0.571. The molecule has 0 saturated heterocycles. The van der Waals surface area contributed by atoms with Gasteiger partial charge in [-0.3, -0.25) is 0 Å². The average Bonchev–Trinajstić information content (AvgIpc) is 2.51. The van der Waals surface area contributed by atoms with Crippen molar-refractivity contribution >= 4 is 22.5 Å². The Morgan fingerprint density at radius 2 is 2.21 bits per heavy atom. The maximum absolute atomic E-state index is 13.1. The first-order valence-electron chi connectivity index (χ1n) is 4.37. The fourth-order valence-corrected chi connectivity index (χ4v) is 1.70. The monoisotopic (exact) mass is 212 g/mol. The van der Waals surface area contributed by atoms with E-state index in [9.17, 15) is 4.39 Å². The van der Waals surface area contributed by atoms with Gasteiger partial charge in [-0.15, -0.1) is 0 Å². The van der Waals surface area contributed by atoms with Crippen LogP contribution in [0.2, 0.25) is 5.02 Å². The van der Waals surface area contributed by atoms with Gasteiger partial charge in [0.05, 0.1) is 5.02 Å². The molecule has 2 nitrogen and oxygen atoms in total. The van der Waals surface area contributed by atoms with Crippen LogP contribution >= 0.6 is 11.6 Å². The maximum atomic E-state index is 13.1. The van der Waals surface area contributed by atoms with Crippen LogP contribution in [-0.2, 0) is 6.42 Å². The third kappa shape index (κ3) is 1.49. The van der Waals surface area contributed by atoms with E-state index in [1.807, 2.05) is 6.20 Å². The topological polar surface area (TPSA) is 41.8 Å². The molecule has 2 aromatic rings. The summed E-state index contributed by atoms with van der Waals surface area (Å²) in [5.41, 5.74) is 7.29. The Hall–Kier alpha value is -1.06. The molecule has 14 heavy (non-hydrogen) atoms. The highest BCUT2D eigenvalue weighted by molar-refractivity contribution is 6.31. The second kappa shape index (κ2) is 3.59. The molecule has 2 rings (SSSR count). The number of benzene rings is 1. The van der Waals surface area contributed by atoms with Gasteiger partial charge in [-0.1, -0.05) is 11.6 Å². The molecule has 0 radical (unpaired) electrons. The maximum Gasteiger partial charge on any atom is 0.143 e. The number of nitrogens with two attached hydrogens (primary N) is 1. The predicted octanol–water partition coefficient (Wildman–Crippen LogP) is 2.46. The highest BCUT2D eigenvalue weighted by atomic mass is 35.5. The van der Waals surface area contributed by atoms with Crippen LogP contribution in [0.1, 0.15) is 5.56 Å². The summed E-state index contributed by atoms with van der Waals surface area (Å²) in [7, 11) is 0. The number of halogens is 2. The molecule has 0 aliphatic heterocycles. The first-order valence-corrected chi connectivity index (χ1v) is 4.75. The Bertz CT molecular complexity index is 464. The van der Waals surface area contributed by atoms with E-state index in [0.29, 0.717) is 6.54 Å². The van der Waals surface area contributed by atoms with Crippen LogP contribution in [0.5, 0.6) is 0 Å².